The second kappa shape index (κ2) is 7.42. The van der Waals surface area contributed by atoms with E-state index in [1.807, 2.05) is 64.1 Å². The molecule has 3 nitrogen and oxygen atoms in total. The molecule has 0 aliphatic rings. The molecule has 0 bridgehead atoms. The predicted molar refractivity (Wildman–Crippen MR) is 107 cm³/mol. The van der Waals surface area contributed by atoms with E-state index in [1.165, 1.54) is 5.56 Å². The van der Waals surface area contributed by atoms with Gasteiger partial charge in [-0.05, 0) is 56.5 Å². The van der Waals surface area contributed by atoms with Gasteiger partial charge >= 0.3 is 5.63 Å². The van der Waals surface area contributed by atoms with Crippen molar-refractivity contribution in [2.45, 2.75) is 38.3 Å². The molecule has 0 unspecified atom stereocenters. The molecule has 3 rings (SSSR count). The van der Waals surface area contributed by atoms with Crippen LogP contribution in [-0.2, 0) is 5.75 Å². The highest BCUT2D eigenvalue weighted by Gasteiger charge is 2.18. The molecule has 2 aromatic carbocycles. The largest absolute Gasteiger partial charge is 0.507 e. The van der Waals surface area contributed by atoms with E-state index < -0.39 is 5.63 Å². The zero-order valence-electron chi connectivity index (χ0n) is 15.4. The maximum absolute atomic E-state index is 12.6. The number of rotatable bonds is 4. The lowest BCUT2D eigenvalue weighted by Gasteiger charge is -2.12. The van der Waals surface area contributed by atoms with Crippen LogP contribution >= 0.6 is 11.8 Å². The van der Waals surface area contributed by atoms with Crippen LogP contribution in [0.15, 0.2) is 56.6 Å². The Labute approximate surface area is 157 Å². The van der Waals surface area contributed by atoms with Gasteiger partial charge in [0.05, 0.1) is 5.75 Å². The Hall–Kier alpha value is -2.46. The molecule has 3 aromatic rings. The highest BCUT2D eigenvalue weighted by molar-refractivity contribution is 7.98. The third kappa shape index (κ3) is 3.86. The molecule has 0 atom stereocenters. The summed E-state index contributed by atoms with van der Waals surface area (Å²) in [6, 6.07) is 13.7. The first-order valence-corrected chi connectivity index (χ1v) is 9.47. The van der Waals surface area contributed by atoms with Crippen LogP contribution in [0.25, 0.3) is 11.1 Å². The van der Waals surface area contributed by atoms with Crippen LogP contribution in [0.3, 0.4) is 0 Å². The maximum atomic E-state index is 12.6. The molecular formula is C22H22O3S. The van der Waals surface area contributed by atoms with Crippen LogP contribution < -0.4 is 5.63 Å². The minimum absolute atomic E-state index is 0.0317. The van der Waals surface area contributed by atoms with Crippen LogP contribution in [0.4, 0.5) is 0 Å². The van der Waals surface area contributed by atoms with E-state index in [0.717, 1.165) is 27.1 Å². The van der Waals surface area contributed by atoms with E-state index in [9.17, 15) is 9.90 Å². The van der Waals surface area contributed by atoms with E-state index in [0.29, 0.717) is 11.5 Å². The molecule has 1 aromatic heterocycles. The molecule has 1 N–H and O–H groups in total. The molecule has 0 aliphatic carbocycles. The van der Waals surface area contributed by atoms with Crippen molar-refractivity contribution in [3.05, 3.63) is 80.9 Å². The minimum Gasteiger partial charge on any atom is -0.507 e. The summed E-state index contributed by atoms with van der Waals surface area (Å²) in [5.74, 6) is 0.915. The lowest BCUT2D eigenvalue weighted by atomic mass is 9.94. The molecule has 134 valence electrons. The van der Waals surface area contributed by atoms with Gasteiger partial charge in [-0.15, -0.1) is 11.8 Å². The Kier molecular flexibility index (Phi) is 5.23. The summed E-state index contributed by atoms with van der Waals surface area (Å²) in [6.07, 6.45) is 0. The van der Waals surface area contributed by atoms with Gasteiger partial charge in [-0.25, -0.2) is 4.79 Å². The monoisotopic (exact) mass is 366 g/mol. The van der Waals surface area contributed by atoms with Crippen molar-refractivity contribution in [3.63, 3.8) is 0 Å². The summed E-state index contributed by atoms with van der Waals surface area (Å²) in [5, 5.41) is 10.5. The molecule has 0 radical (unpaired) electrons. The van der Waals surface area contributed by atoms with Crippen molar-refractivity contribution >= 4 is 11.8 Å². The number of aromatic hydroxyl groups is 1. The Balaban J connectivity index is 1.92. The lowest BCUT2D eigenvalue weighted by molar-refractivity contribution is 0.436. The third-order valence-electron chi connectivity index (χ3n) is 4.31. The van der Waals surface area contributed by atoms with Crippen LogP contribution in [0, 0.1) is 27.7 Å². The summed E-state index contributed by atoms with van der Waals surface area (Å²) in [6.45, 7) is 7.93. The van der Waals surface area contributed by atoms with Crippen molar-refractivity contribution in [3.8, 4) is 16.9 Å². The van der Waals surface area contributed by atoms with Crippen LogP contribution in [0.5, 0.6) is 5.75 Å². The first-order valence-electron chi connectivity index (χ1n) is 8.49. The molecular weight excluding hydrogens is 344 g/mol. The van der Waals surface area contributed by atoms with E-state index in [2.05, 4.69) is 0 Å². The van der Waals surface area contributed by atoms with Crippen LogP contribution in [-0.4, -0.2) is 5.11 Å². The number of benzene rings is 2. The average Bonchev–Trinajstić information content (AvgIpc) is 2.56. The third-order valence-corrected chi connectivity index (χ3v) is 5.35. The lowest BCUT2D eigenvalue weighted by Crippen LogP contribution is -2.07. The van der Waals surface area contributed by atoms with Gasteiger partial charge in [-0.3, -0.25) is 0 Å². The highest BCUT2D eigenvalue weighted by atomic mass is 32.2. The molecule has 0 saturated heterocycles. The normalized spacial score (nSPS) is 10.9. The summed E-state index contributed by atoms with van der Waals surface area (Å²) >= 11 is 1.57. The maximum Gasteiger partial charge on any atom is 0.347 e. The van der Waals surface area contributed by atoms with Crippen molar-refractivity contribution in [1.29, 1.82) is 0 Å². The zero-order valence-corrected chi connectivity index (χ0v) is 16.2. The summed E-state index contributed by atoms with van der Waals surface area (Å²) in [5.41, 5.74) is 4.72. The van der Waals surface area contributed by atoms with E-state index >= 15 is 0 Å². The number of aryl methyl sites for hydroxylation is 4. The number of hydrogen-bond acceptors (Lipinski definition) is 4. The first-order chi connectivity index (χ1) is 12.3. The van der Waals surface area contributed by atoms with Crippen molar-refractivity contribution in [2.24, 2.45) is 0 Å². The SMILES string of the molecule is Cc1ccc(SCc2cc(O)c(-c3c(C)cc(C)cc3C)c(=O)o2)cc1. The van der Waals surface area contributed by atoms with E-state index in [1.54, 1.807) is 17.8 Å². The zero-order chi connectivity index (χ0) is 18.8. The van der Waals surface area contributed by atoms with Crippen LogP contribution in [0.1, 0.15) is 28.0 Å². The Morgan fingerprint density at radius 2 is 1.50 bits per heavy atom. The molecule has 1 heterocycles. The highest BCUT2D eigenvalue weighted by Crippen LogP contribution is 2.33. The van der Waals surface area contributed by atoms with E-state index in [4.69, 9.17) is 4.42 Å². The van der Waals surface area contributed by atoms with Gasteiger partial charge in [0.1, 0.15) is 17.1 Å². The van der Waals surface area contributed by atoms with Crippen molar-refractivity contribution < 1.29 is 9.52 Å². The molecule has 4 heteroatoms. The second-order valence-corrected chi connectivity index (χ2v) is 7.68. The van der Waals surface area contributed by atoms with Crippen LogP contribution in [0.2, 0.25) is 0 Å². The number of hydrogen-bond donors (Lipinski definition) is 1. The standard InChI is InChI=1S/C22H22O3S/c1-13-5-7-18(8-6-13)26-12-17-11-19(23)21(22(24)25-17)20-15(3)9-14(2)10-16(20)4/h5-11,23H,12H2,1-4H3. The Morgan fingerprint density at radius 1 is 0.885 bits per heavy atom. The molecule has 0 aliphatic heterocycles. The quantitative estimate of drug-likeness (QED) is 0.616. The van der Waals surface area contributed by atoms with Crippen molar-refractivity contribution in [1.82, 2.24) is 0 Å². The van der Waals surface area contributed by atoms with Gasteiger partial charge in [0.15, 0.2) is 0 Å². The van der Waals surface area contributed by atoms with Gasteiger partial charge in [0.25, 0.3) is 0 Å². The first kappa shape index (κ1) is 18.3. The van der Waals surface area contributed by atoms with E-state index in [-0.39, 0.29) is 11.3 Å². The topological polar surface area (TPSA) is 50.4 Å². The predicted octanol–water partition coefficient (Wildman–Crippen LogP) is 5.54. The Bertz CT molecular complexity index is 978. The summed E-state index contributed by atoms with van der Waals surface area (Å²) in [7, 11) is 0. The molecule has 0 fully saturated rings. The fraction of sp³-hybridized carbons (Fsp3) is 0.227. The summed E-state index contributed by atoms with van der Waals surface area (Å²) in [4.78, 5) is 13.7. The summed E-state index contributed by atoms with van der Waals surface area (Å²) < 4.78 is 5.49. The average molecular weight is 366 g/mol. The van der Waals surface area contributed by atoms with Gasteiger partial charge in [0, 0.05) is 11.0 Å². The number of thioether (sulfide) groups is 1. The Morgan fingerprint density at radius 3 is 2.08 bits per heavy atom. The fourth-order valence-corrected chi connectivity index (χ4v) is 3.97. The molecule has 0 saturated carbocycles. The molecule has 0 amide bonds. The molecule has 26 heavy (non-hydrogen) atoms. The van der Waals surface area contributed by atoms with Gasteiger partial charge in [-0.2, -0.15) is 0 Å². The second-order valence-electron chi connectivity index (χ2n) is 6.64. The smallest absolute Gasteiger partial charge is 0.347 e. The molecule has 0 spiro atoms. The van der Waals surface area contributed by atoms with Gasteiger partial charge in [0.2, 0.25) is 0 Å². The minimum atomic E-state index is -0.500. The van der Waals surface area contributed by atoms with Crippen molar-refractivity contribution in [2.75, 3.05) is 0 Å². The van der Waals surface area contributed by atoms with Gasteiger partial charge < -0.3 is 9.52 Å². The van der Waals surface area contributed by atoms with Gasteiger partial charge in [-0.1, -0.05) is 35.4 Å². The fourth-order valence-electron chi connectivity index (χ4n) is 3.19.